The van der Waals surface area contributed by atoms with Crippen LogP contribution in [0.25, 0.3) is 0 Å². The molecule has 0 radical (unpaired) electrons. The highest BCUT2D eigenvalue weighted by Gasteiger charge is 2.19. The van der Waals surface area contributed by atoms with Crippen LogP contribution in [0, 0.1) is 12.3 Å². The molecular weight excluding hydrogens is 218 g/mol. The molecule has 0 fully saturated rings. The molecule has 2 heteroatoms. The smallest absolute Gasteiger partial charge is 0.0763 e. The molecule has 86 valence electrons. The fourth-order valence-electron chi connectivity index (χ4n) is 1.34. The second-order valence-electron chi connectivity index (χ2n) is 4.50. The number of benzene rings is 1. The first-order chi connectivity index (χ1) is 7.45. The van der Waals surface area contributed by atoms with Gasteiger partial charge in [0.25, 0.3) is 0 Å². The van der Waals surface area contributed by atoms with Crippen LogP contribution in [0.2, 0.25) is 5.02 Å². The minimum absolute atomic E-state index is 0.188. The van der Waals surface area contributed by atoms with Crippen LogP contribution in [-0.4, -0.2) is 24.0 Å². The summed E-state index contributed by atoms with van der Waals surface area (Å²) in [5.74, 6) is 2.79. The lowest BCUT2D eigenvalue weighted by Crippen LogP contribution is -2.40. The van der Waals surface area contributed by atoms with Crippen molar-refractivity contribution in [3.05, 3.63) is 34.9 Å². The Morgan fingerprint density at radius 3 is 2.38 bits per heavy atom. The lowest BCUT2D eigenvalue weighted by molar-refractivity contribution is 0.216. The number of halogens is 1. The highest BCUT2D eigenvalue weighted by Crippen LogP contribution is 2.13. The molecule has 0 aliphatic carbocycles. The lowest BCUT2D eigenvalue weighted by atomic mass is 10.0. The maximum atomic E-state index is 5.83. The Balaban J connectivity index is 2.53. The van der Waals surface area contributed by atoms with E-state index in [-0.39, 0.29) is 5.54 Å². The fourth-order valence-corrected chi connectivity index (χ4v) is 1.46. The Bertz CT molecular complexity index is 373. The van der Waals surface area contributed by atoms with E-state index in [9.17, 15) is 0 Å². The Morgan fingerprint density at radius 2 is 1.88 bits per heavy atom. The van der Waals surface area contributed by atoms with Crippen molar-refractivity contribution in [2.45, 2.75) is 25.8 Å². The van der Waals surface area contributed by atoms with E-state index in [2.05, 4.69) is 43.8 Å². The van der Waals surface area contributed by atoms with Gasteiger partial charge < -0.3 is 0 Å². The first-order valence-corrected chi connectivity index (χ1v) is 5.77. The molecule has 0 saturated carbocycles. The number of hydrogen-bond acceptors (Lipinski definition) is 1. The molecule has 1 aromatic rings. The van der Waals surface area contributed by atoms with Gasteiger partial charge in [0.2, 0.25) is 0 Å². The molecule has 0 heterocycles. The van der Waals surface area contributed by atoms with Gasteiger partial charge in [-0.3, -0.25) is 4.90 Å². The number of hydrogen-bond donors (Lipinski definition) is 0. The van der Waals surface area contributed by atoms with Crippen LogP contribution >= 0.6 is 11.6 Å². The van der Waals surface area contributed by atoms with Crippen LogP contribution in [0.3, 0.4) is 0 Å². The highest BCUT2D eigenvalue weighted by atomic mass is 35.5. The predicted octanol–water partition coefficient (Wildman–Crippen LogP) is 3.23. The van der Waals surface area contributed by atoms with E-state index in [1.165, 1.54) is 5.56 Å². The molecule has 0 aliphatic rings. The van der Waals surface area contributed by atoms with E-state index < -0.39 is 0 Å². The second kappa shape index (κ2) is 5.39. The summed E-state index contributed by atoms with van der Waals surface area (Å²) in [7, 11) is 2.05. The molecule has 0 aromatic heterocycles. The van der Waals surface area contributed by atoms with Crippen molar-refractivity contribution in [1.82, 2.24) is 4.90 Å². The summed E-state index contributed by atoms with van der Waals surface area (Å²) in [5.41, 5.74) is 1.09. The van der Waals surface area contributed by atoms with Crippen LogP contribution in [0.5, 0.6) is 0 Å². The third-order valence-electron chi connectivity index (χ3n) is 2.96. The van der Waals surface area contributed by atoms with Crippen molar-refractivity contribution in [3.8, 4) is 12.3 Å². The summed E-state index contributed by atoms with van der Waals surface area (Å²) in [6, 6.07) is 7.95. The fraction of sp³-hybridized carbons (Fsp3) is 0.429. The largest absolute Gasteiger partial charge is 0.291 e. The van der Waals surface area contributed by atoms with E-state index in [0.717, 1.165) is 18.0 Å². The van der Waals surface area contributed by atoms with Gasteiger partial charge >= 0.3 is 0 Å². The molecule has 0 spiro atoms. The molecule has 0 aliphatic heterocycles. The van der Waals surface area contributed by atoms with E-state index in [4.69, 9.17) is 18.0 Å². The van der Waals surface area contributed by atoms with Gasteiger partial charge in [0.05, 0.1) is 5.54 Å². The zero-order valence-electron chi connectivity index (χ0n) is 10.1. The zero-order chi connectivity index (χ0) is 12.2. The van der Waals surface area contributed by atoms with Crippen LogP contribution < -0.4 is 0 Å². The van der Waals surface area contributed by atoms with Crippen molar-refractivity contribution >= 4 is 11.6 Å². The molecule has 1 aromatic carbocycles. The summed E-state index contributed by atoms with van der Waals surface area (Å²) in [6.07, 6.45) is 6.47. The van der Waals surface area contributed by atoms with Gasteiger partial charge in [-0.2, -0.15) is 0 Å². The number of terminal acetylenes is 1. The normalized spacial score (nSPS) is 11.5. The van der Waals surface area contributed by atoms with Gasteiger partial charge in [-0.05, 0) is 45.0 Å². The summed E-state index contributed by atoms with van der Waals surface area (Å²) in [5, 5.41) is 0.779. The minimum atomic E-state index is -0.188. The maximum Gasteiger partial charge on any atom is 0.0763 e. The molecular formula is C14H18ClN. The molecule has 0 unspecified atom stereocenters. The Kier molecular flexibility index (Phi) is 4.41. The molecule has 0 bridgehead atoms. The van der Waals surface area contributed by atoms with Crippen LogP contribution in [0.15, 0.2) is 24.3 Å². The summed E-state index contributed by atoms with van der Waals surface area (Å²) >= 11 is 5.83. The third kappa shape index (κ3) is 3.56. The van der Waals surface area contributed by atoms with Crippen LogP contribution in [0.4, 0.5) is 0 Å². The van der Waals surface area contributed by atoms with E-state index in [1.54, 1.807) is 0 Å². The average Bonchev–Trinajstić information content (AvgIpc) is 2.28. The lowest BCUT2D eigenvalue weighted by Gasteiger charge is -2.30. The van der Waals surface area contributed by atoms with E-state index in [0.29, 0.717) is 0 Å². The third-order valence-corrected chi connectivity index (χ3v) is 3.21. The van der Waals surface area contributed by atoms with Gasteiger partial charge in [-0.15, -0.1) is 6.42 Å². The molecule has 1 nitrogen and oxygen atoms in total. The molecule has 0 N–H and O–H groups in total. The number of rotatable bonds is 4. The topological polar surface area (TPSA) is 3.24 Å². The zero-order valence-corrected chi connectivity index (χ0v) is 10.9. The first-order valence-electron chi connectivity index (χ1n) is 5.39. The Labute approximate surface area is 103 Å². The number of nitrogens with zero attached hydrogens (tertiary/aromatic N) is 1. The monoisotopic (exact) mass is 235 g/mol. The van der Waals surface area contributed by atoms with E-state index in [1.807, 2.05) is 12.1 Å². The number of likely N-dealkylation sites (N-methyl/N-ethyl adjacent to an activating group) is 1. The Morgan fingerprint density at radius 1 is 1.31 bits per heavy atom. The van der Waals surface area contributed by atoms with Gasteiger partial charge in [-0.25, -0.2) is 0 Å². The van der Waals surface area contributed by atoms with Crippen molar-refractivity contribution in [2.24, 2.45) is 0 Å². The van der Waals surface area contributed by atoms with Crippen molar-refractivity contribution in [1.29, 1.82) is 0 Å². The van der Waals surface area contributed by atoms with Crippen molar-refractivity contribution < 1.29 is 0 Å². The van der Waals surface area contributed by atoms with Crippen LogP contribution in [0.1, 0.15) is 19.4 Å². The SMILES string of the molecule is C#CC(C)(C)N(C)CCc1ccc(Cl)cc1. The minimum Gasteiger partial charge on any atom is -0.291 e. The highest BCUT2D eigenvalue weighted by molar-refractivity contribution is 6.30. The summed E-state index contributed by atoms with van der Waals surface area (Å²) < 4.78 is 0. The quantitative estimate of drug-likeness (QED) is 0.725. The standard InChI is InChI=1S/C14H18ClN/c1-5-14(2,3)16(4)11-10-12-6-8-13(15)9-7-12/h1,6-9H,10-11H2,2-4H3. The van der Waals surface area contributed by atoms with E-state index >= 15 is 0 Å². The van der Waals surface area contributed by atoms with Gasteiger partial charge in [0.15, 0.2) is 0 Å². The second-order valence-corrected chi connectivity index (χ2v) is 4.94. The summed E-state index contributed by atoms with van der Waals surface area (Å²) in [4.78, 5) is 2.18. The van der Waals surface area contributed by atoms with Gasteiger partial charge in [-0.1, -0.05) is 29.7 Å². The predicted molar refractivity (Wildman–Crippen MR) is 70.7 cm³/mol. The molecule has 0 amide bonds. The average molecular weight is 236 g/mol. The molecule has 0 saturated heterocycles. The maximum absolute atomic E-state index is 5.83. The summed E-state index contributed by atoms with van der Waals surface area (Å²) in [6.45, 7) is 5.04. The van der Waals surface area contributed by atoms with Crippen LogP contribution in [-0.2, 0) is 6.42 Å². The molecule has 16 heavy (non-hydrogen) atoms. The van der Waals surface area contributed by atoms with Crippen molar-refractivity contribution in [2.75, 3.05) is 13.6 Å². The Hall–Kier alpha value is -0.970. The first kappa shape index (κ1) is 13.1. The van der Waals surface area contributed by atoms with Gasteiger partial charge in [0.1, 0.15) is 0 Å². The molecule has 1 rings (SSSR count). The van der Waals surface area contributed by atoms with Gasteiger partial charge in [0, 0.05) is 11.6 Å². The molecule has 0 atom stereocenters. The van der Waals surface area contributed by atoms with Crippen molar-refractivity contribution in [3.63, 3.8) is 0 Å².